The molecule has 1 N–H and O–H groups in total. The van der Waals surface area contributed by atoms with Crippen LogP contribution in [0.4, 0.5) is 13.2 Å². The smallest absolute Gasteiger partial charge is 0.416 e. The third kappa shape index (κ3) is 2.33. The molecule has 7 heteroatoms. The van der Waals surface area contributed by atoms with Gasteiger partial charge in [-0.05, 0) is 36.8 Å². The van der Waals surface area contributed by atoms with Gasteiger partial charge in [0.15, 0.2) is 0 Å². The van der Waals surface area contributed by atoms with Gasteiger partial charge in [-0.25, -0.2) is 0 Å². The molecule has 2 aromatic rings. The summed E-state index contributed by atoms with van der Waals surface area (Å²) < 4.78 is 49.4. The van der Waals surface area contributed by atoms with Crippen molar-refractivity contribution in [3.8, 4) is 17.2 Å². The van der Waals surface area contributed by atoms with Crippen LogP contribution in [-0.2, 0) is 16.4 Å². The van der Waals surface area contributed by atoms with Crippen LogP contribution in [-0.4, -0.2) is 17.2 Å². The van der Waals surface area contributed by atoms with E-state index in [2.05, 4.69) is 0 Å². The highest BCUT2D eigenvalue weighted by Crippen LogP contribution is 2.59. The Bertz CT molecular complexity index is 890. The topological polar surface area (TPSA) is 55.8 Å². The average molecular weight is 350 g/mol. The molecule has 1 heterocycles. The van der Waals surface area contributed by atoms with Gasteiger partial charge in [0.05, 0.1) is 5.56 Å². The Kier molecular flexibility index (Phi) is 3.10. The lowest BCUT2D eigenvalue weighted by molar-refractivity contribution is -0.140. The average Bonchev–Trinajstić information content (AvgIpc) is 3.16. The highest BCUT2D eigenvalue weighted by Gasteiger charge is 2.69. The third-order valence-electron chi connectivity index (χ3n) is 4.71. The van der Waals surface area contributed by atoms with E-state index in [9.17, 15) is 23.1 Å². The van der Waals surface area contributed by atoms with E-state index >= 15 is 0 Å². The summed E-state index contributed by atoms with van der Waals surface area (Å²) in [6.45, 7) is 1.53. The maximum atomic E-state index is 12.7. The molecule has 0 spiro atoms. The van der Waals surface area contributed by atoms with E-state index in [1.807, 2.05) is 0 Å². The summed E-state index contributed by atoms with van der Waals surface area (Å²) in [5.41, 5.74) is -0.737. The number of rotatable bonds is 3. The summed E-state index contributed by atoms with van der Waals surface area (Å²) in [6.07, 6.45) is -4.31. The number of carboxylic acid groups (broad SMARTS) is 1. The Balaban J connectivity index is 1.60. The number of alkyl halides is 3. The van der Waals surface area contributed by atoms with Crippen molar-refractivity contribution in [1.29, 1.82) is 0 Å². The Morgan fingerprint density at radius 3 is 2.68 bits per heavy atom. The van der Waals surface area contributed by atoms with E-state index in [-0.39, 0.29) is 6.10 Å². The molecule has 2 aromatic carbocycles. The van der Waals surface area contributed by atoms with Crippen molar-refractivity contribution in [3.63, 3.8) is 0 Å². The first-order valence-electron chi connectivity index (χ1n) is 7.62. The molecule has 130 valence electrons. The SMILES string of the molecule is Cc1cc(C(F)(F)F)ccc1Oc1ccc2c(c1)OC1C[C@@]21C(=O)O. The molecule has 4 nitrogen and oxygen atoms in total. The summed E-state index contributed by atoms with van der Waals surface area (Å²) >= 11 is 0. The third-order valence-corrected chi connectivity index (χ3v) is 4.71. The number of carbonyl (C=O) groups is 1. The van der Waals surface area contributed by atoms with E-state index in [4.69, 9.17) is 9.47 Å². The highest BCUT2D eigenvalue weighted by atomic mass is 19.4. The number of benzene rings is 2. The van der Waals surface area contributed by atoms with Crippen molar-refractivity contribution >= 4 is 5.97 Å². The Labute approximate surface area is 140 Å². The normalized spacial score (nSPS) is 23.4. The van der Waals surface area contributed by atoms with E-state index < -0.39 is 23.1 Å². The quantitative estimate of drug-likeness (QED) is 0.897. The van der Waals surface area contributed by atoms with E-state index in [1.165, 1.54) is 13.0 Å². The fourth-order valence-corrected chi connectivity index (χ4v) is 3.25. The van der Waals surface area contributed by atoms with Crippen LogP contribution in [0.15, 0.2) is 36.4 Å². The van der Waals surface area contributed by atoms with Gasteiger partial charge >= 0.3 is 12.1 Å². The summed E-state index contributed by atoms with van der Waals surface area (Å²) in [5, 5.41) is 9.39. The number of halogens is 3. The molecule has 0 bridgehead atoms. The van der Waals surface area contributed by atoms with Gasteiger partial charge in [0.2, 0.25) is 0 Å². The van der Waals surface area contributed by atoms with Crippen molar-refractivity contribution in [3.05, 3.63) is 53.1 Å². The molecule has 2 aliphatic rings. The molecule has 1 fully saturated rings. The lowest BCUT2D eigenvalue weighted by Crippen LogP contribution is -2.21. The highest BCUT2D eigenvalue weighted by molar-refractivity contribution is 5.89. The standard InChI is InChI=1S/C18H13F3O4/c1-9-6-10(18(19,20)21)2-5-13(9)24-11-3-4-12-14(7-11)25-15-8-17(12,15)16(22)23/h2-7,15H,8H2,1H3,(H,22,23)/t15?,17-/m1/s1. The van der Waals surface area contributed by atoms with Crippen LogP contribution in [0.1, 0.15) is 23.1 Å². The first kappa shape index (κ1) is 15.8. The summed E-state index contributed by atoms with van der Waals surface area (Å²) in [7, 11) is 0. The van der Waals surface area contributed by atoms with Crippen LogP contribution in [0.5, 0.6) is 17.2 Å². The van der Waals surface area contributed by atoms with Gasteiger partial charge in [-0.15, -0.1) is 0 Å². The number of ether oxygens (including phenoxy) is 2. The van der Waals surface area contributed by atoms with Gasteiger partial charge in [0.1, 0.15) is 28.8 Å². The van der Waals surface area contributed by atoms with Gasteiger partial charge in [-0.1, -0.05) is 6.07 Å². The molecule has 0 amide bonds. The molecule has 0 radical (unpaired) electrons. The number of hydrogen-bond acceptors (Lipinski definition) is 3. The van der Waals surface area contributed by atoms with Gasteiger partial charge in [-0.3, -0.25) is 4.79 Å². The van der Waals surface area contributed by atoms with Crippen molar-refractivity contribution in [1.82, 2.24) is 0 Å². The van der Waals surface area contributed by atoms with Crippen LogP contribution in [0, 0.1) is 6.92 Å². The second-order valence-electron chi connectivity index (χ2n) is 6.33. The lowest BCUT2D eigenvalue weighted by atomic mass is 9.96. The lowest BCUT2D eigenvalue weighted by Gasteiger charge is -2.13. The number of carboxylic acids is 1. The predicted octanol–water partition coefficient (Wildman–Crippen LogP) is 4.29. The zero-order chi connectivity index (χ0) is 18.0. The first-order chi connectivity index (χ1) is 11.7. The van der Waals surface area contributed by atoms with Crippen LogP contribution in [0.2, 0.25) is 0 Å². The van der Waals surface area contributed by atoms with Gasteiger partial charge in [0.25, 0.3) is 0 Å². The maximum Gasteiger partial charge on any atom is 0.416 e. The monoisotopic (exact) mass is 350 g/mol. The first-order valence-corrected chi connectivity index (χ1v) is 7.62. The predicted molar refractivity (Wildman–Crippen MR) is 81.0 cm³/mol. The Morgan fingerprint density at radius 2 is 2.04 bits per heavy atom. The van der Waals surface area contributed by atoms with Crippen molar-refractivity contribution in [2.24, 2.45) is 0 Å². The number of aryl methyl sites for hydroxylation is 1. The van der Waals surface area contributed by atoms with Crippen LogP contribution in [0.3, 0.4) is 0 Å². The molecular weight excluding hydrogens is 337 g/mol. The van der Waals surface area contributed by atoms with Crippen molar-refractivity contribution < 1.29 is 32.5 Å². The van der Waals surface area contributed by atoms with Crippen molar-refractivity contribution in [2.45, 2.75) is 31.0 Å². The molecule has 1 saturated carbocycles. The Morgan fingerprint density at radius 1 is 1.28 bits per heavy atom. The number of aliphatic carboxylic acids is 1. The molecule has 1 aliphatic carbocycles. The molecule has 0 saturated heterocycles. The van der Waals surface area contributed by atoms with Crippen LogP contribution < -0.4 is 9.47 Å². The summed E-state index contributed by atoms with van der Waals surface area (Å²) in [6, 6.07) is 8.07. The number of hydrogen-bond donors (Lipinski definition) is 1. The molecule has 0 aromatic heterocycles. The van der Waals surface area contributed by atoms with Gasteiger partial charge < -0.3 is 14.6 Å². The summed E-state index contributed by atoms with van der Waals surface area (Å²) in [5.74, 6) is 0.205. The van der Waals surface area contributed by atoms with Crippen molar-refractivity contribution in [2.75, 3.05) is 0 Å². The van der Waals surface area contributed by atoms with E-state index in [1.54, 1.807) is 18.2 Å². The zero-order valence-corrected chi connectivity index (χ0v) is 13.1. The molecule has 2 atom stereocenters. The van der Waals surface area contributed by atoms with E-state index in [0.29, 0.717) is 34.8 Å². The van der Waals surface area contributed by atoms with Crippen LogP contribution >= 0.6 is 0 Å². The molecule has 1 aliphatic heterocycles. The number of fused-ring (bicyclic) bond motifs is 3. The Hall–Kier alpha value is -2.70. The largest absolute Gasteiger partial charge is 0.488 e. The molecule has 4 rings (SSSR count). The fourth-order valence-electron chi connectivity index (χ4n) is 3.25. The minimum atomic E-state index is -4.41. The van der Waals surface area contributed by atoms with E-state index in [0.717, 1.165) is 12.1 Å². The van der Waals surface area contributed by atoms with Gasteiger partial charge in [-0.2, -0.15) is 13.2 Å². The van der Waals surface area contributed by atoms with Crippen LogP contribution in [0.25, 0.3) is 0 Å². The maximum absolute atomic E-state index is 12.7. The second-order valence-corrected chi connectivity index (χ2v) is 6.33. The summed E-state index contributed by atoms with van der Waals surface area (Å²) in [4.78, 5) is 11.5. The molecular formula is C18H13F3O4. The second kappa shape index (κ2) is 4.91. The fraction of sp³-hybridized carbons (Fsp3) is 0.278. The zero-order valence-electron chi connectivity index (χ0n) is 13.1. The molecule has 1 unspecified atom stereocenters. The minimum absolute atomic E-state index is 0.295. The van der Waals surface area contributed by atoms with Gasteiger partial charge in [0, 0.05) is 18.1 Å². The minimum Gasteiger partial charge on any atom is -0.488 e. The molecule has 25 heavy (non-hydrogen) atoms.